The Bertz CT molecular complexity index is 970. The lowest BCUT2D eigenvalue weighted by Crippen LogP contribution is -2.46. The minimum Gasteiger partial charge on any atom is -0.361 e. The van der Waals surface area contributed by atoms with Crippen molar-refractivity contribution in [2.45, 2.75) is 46.1 Å². The molecule has 0 radical (unpaired) electrons. The third kappa shape index (κ3) is 4.42. The van der Waals surface area contributed by atoms with E-state index in [1.165, 1.54) is 0 Å². The van der Waals surface area contributed by atoms with Crippen LogP contribution >= 0.6 is 0 Å². The van der Waals surface area contributed by atoms with Gasteiger partial charge in [-0.2, -0.15) is 5.10 Å². The van der Waals surface area contributed by atoms with E-state index < -0.39 is 6.04 Å². The van der Waals surface area contributed by atoms with Crippen LogP contribution in [-0.4, -0.2) is 33.0 Å². The number of carbonyl (C=O) groups excluding carboxylic acids is 2. The summed E-state index contributed by atoms with van der Waals surface area (Å²) in [5, 5.41) is 13.8. The number of hydrogen-bond acceptors (Lipinski definition) is 3. The normalized spacial score (nSPS) is 12.5. The van der Waals surface area contributed by atoms with Gasteiger partial charge in [-0.15, -0.1) is 0 Å². The number of para-hydroxylation sites is 1. The Morgan fingerprint density at radius 2 is 1.86 bits per heavy atom. The van der Waals surface area contributed by atoms with Crippen LogP contribution in [0.2, 0.25) is 0 Å². The number of nitrogens with one attached hydrogen (secondary N) is 4. The largest absolute Gasteiger partial charge is 0.361 e. The van der Waals surface area contributed by atoms with Gasteiger partial charge in [0, 0.05) is 41.2 Å². The molecule has 0 spiro atoms. The highest BCUT2D eigenvalue weighted by Crippen LogP contribution is 2.20. The Hall–Kier alpha value is -3.09. The molecule has 1 atom stereocenters. The number of aromatic nitrogens is 3. The number of amides is 2. The molecule has 28 heavy (non-hydrogen) atoms. The number of fused-ring (bicyclic) bond motifs is 1. The fourth-order valence-corrected chi connectivity index (χ4v) is 2.98. The first-order valence-corrected chi connectivity index (χ1v) is 9.56. The first-order chi connectivity index (χ1) is 13.3. The molecule has 4 N–H and O–H groups in total. The summed E-state index contributed by atoms with van der Waals surface area (Å²) in [7, 11) is 0. The molecule has 0 aliphatic carbocycles. The van der Waals surface area contributed by atoms with Gasteiger partial charge >= 0.3 is 0 Å². The van der Waals surface area contributed by atoms with Gasteiger partial charge in [0.1, 0.15) is 6.04 Å². The number of rotatable bonds is 7. The van der Waals surface area contributed by atoms with Gasteiger partial charge in [0.05, 0.1) is 0 Å². The maximum atomic E-state index is 12.9. The predicted octanol–water partition coefficient (Wildman–Crippen LogP) is 3.34. The van der Waals surface area contributed by atoms with Crippen LogP contribution < -0.4 is 10.6 Å². The molecule has 0 bridgehead atoms. The number of H-pyrrole nitrogens is 2. The van der Waals surface area contributed by atoms with Crippen LogP contribution in [0.4, 0.5) is 5.82 Å². The van der Waals surface area contributed by atoms with Gasteiger partial charge in [0.2, 0.25) is 11.8 Å². The van der Waals surface area contributed by atoms with Crippen LogP contribution in [0.25, 0.3) is 10.9 Å². The smallest absolute Gasteiger partial charge is 0.248 e. The van der Waals surface area contributed by atoms with E-state index in [4.69, 9.17) is 0 Å². The van der Waals surface area contributed by atoms with Crippen molar-refractivity contribution in [2.75, 3.05) is 5.32 Å². The molecule has 7 heteroatoms. The van der Waals surface area contributed by atoms with Gasteiger partial charge in [0.25, 0.3) is 0 Å². The second kappa shape index (κ2) is 8.29. The standard InChI is InChI=1S/C21H27N5O2/c1-12(2)17-10-19(26-25-17)24-21(28)18(23-20(27)13(3)4)9-14-11-22-16-8-6-5-7-15(14)16/h5-8,10-13,18,22H,9H2,1-4H3,(H,23,27)(H2,24,25,26,28). The Kier molecular flexibility index (Phi) is 5.82. The first kappa shape index (κ1) is 19.7. The Balaban J connectivity index is 1.81. The fraction of sp³-hybridized carbons (Fsp3) is 0.381. The van der Waals surface area contributed by atoms with Crippen molar-refractivity contribution in [3.05, 3.63) is 47.8 Å². The van der Waals surface area contributed by atoms with E-state index in [-0.39, 0.29) is 23.7 Å². The van der Waals surface area contributed by atoms with E-state index in [0.717, 1.165) is 22.2 Å². The van der Waals surface area contributed by atoms with E-state index in [0.29, 0.717) is 12.2 Å². The summed E-state index contributed by atoms with van der Waals surface area (Å²) in [4.78, 5) is 28.4. The molecule has 0 fully saturated rings. The van der Waals surface area contributed by atoms with Gasteiger partial charge in [-0.1, -0.05) is 45.9 Å². The molecule has 7 nitrogen and oxygen atoms in total. The summed E-state index contributed by atoms with van der Waals surface area (Å²) >= 11 is 0. The zero-order chi connectivity index (χ0) is 20.3. The van der Waals surface area contributed by atoms with Gasteiger partial charge in [0.15, 0.2) is 5.82 Å². The van der Waals surface area contributed by atoms with E-state index >= 15 is 0 Å². The summed E-state index contributed by atoms with van der Waals surface area (Å²) < 4.78 is 0. The number of carbonyl (C=O) groups is 2. The zero-order valence-corrected chi connectivity index (χ0v) is 16.7. The van der Waals surface area contributed by atoms with Crippen LogP contribution in [0.3, 0.4) is 0 Å². The fourth-order valence-electron chi connectivity index (χ4n) is 2.98. The average Bonchev–Trinajstić information content (AvgIpc) is 3.28. The van der Waals surface area contributed by atoms with Crippen molar-refractivity contribution in [2.24, 2.45) is 5.92 Å². The lowest BCUT2D eigenvalue weighted by atomic mass is 10.0. The number of benzene rings is 1. The lowest BCUT2D eigenvalue weighted by Gasteiger charge is -2.19. The molecule has 0 saturated heterocycles. The molecular weight excluding hydrogens is 354 g/mol. The third-order valence-electron chi connectivity index (χ3n) is 4.73. The van der Waals surface area contributed by atoms with Crippen molar-refractivity contribution in [1.82, 2.24) is 20.5 Å². The summed E-state index contributed by atoms with van der Waals surface area (Å²) in [6.07, 6.45) is 2.27. The molecular formula is C21H27N5O2. The average molecular weight is 381 g/mol. The summed E-state index contributed by atoms with van der Waals surface area (Å²) in [6, 6.07) is 9.01. The molecule has 0 aliphatic rings. The summed E-state index contributed by atoms with van der Waals surface area (Å²) in [6.45, 7) is 7.70. The van der Waals surface area contributed by atoms with E-state index in [1.807, 2.05) is 50.4 Å². The molecule has 3 rings (SSSR count). The molecule has 0 aliphatic heterocycles. The molecule has 148 valence electrons. The SMILES string of the molecule is CC(C)C(=O)NC(Cc1c[nH]c2ccccc12)C(=O)Nc1cc(C(C)C)[nH]n1. The number of nitrogens with zero attached hydrogens (tertiary/aromatic N) is 1. The summed E-state index contributed by atoms with van der Waals surface area (Å²) in [5.41, 5.74) is 2.92. The molecule has 2 heterocycles. The van der Waals surface area contributed by atoms with Gasteiger partial charge < -0.3 is 15.6 Å². The highest BCUT2D eigenvalue weighted by atomic mass is 16.2. The molecule has 1 unspecified atom stereocenters. The second-order valence-corrected chi connectivity index (χ2v) is 7.63. The Morgan fingerprint density at radius 1 is 1.11 bits per heavy atom. The molecule has 1 aromatic carbocycles. The maximum Gasteiger partial charge on any atom is 0.248 e. The van der Waals surface area contributed by atoms with Crippen LogP contribution in [0.15, 0.2) is 36.5 Å². The highest BCUT2D eigenvalue weighted by molar-refractivity contribution is 5.97. The van der Waals surface area contributed by atoms with Crippen molar-refractivity contribution < 1.29 is 9.59 Å². The van der Waals surface area contributed by atoms with Crippen molar-refractivity contribution >= 4 is 28.5 Å². The topological polar surface area (TPSA) is 103 Å². The van der Waals surface area contributed by atoms with Crippen molar-refractivity contribution in [3.63, 3.8) is 0 Å². The number of hydrogen-bond donors (Lipinski definition) is 4. The molecule has 2 amide bonds. The van der Waals surface area contributed by atoms with Crippen LogP contribution in [-0.2, 0) is 16.0 Å². The van der Waals surface area contributed by atoms with Crippen LogP contribution in [0.1, 0.15) is 44.9 Å². The molecule has 2 aromatic heterocycles. The van der Waals surface area contributed by atoms with E-state index in [2.05, 4.69) is 25.8 Å². The Labute approximate surface area is 164 Å². The minimum atomic E-state index is -0.701. The number of aromatic amines is 2. The second-order valence-electron chi connectivity index (χ2n) is 7.63. The third-order valence-corrected chi connectivity index (χ3v) is 4.73. The van der Waals surface area contributed by atoms with Crippen molar-refractivity contribution in [1.29, 1.82) is 0 Å². The van der Waals surface area contributed by atoms with Crippen LogP contribution in [0, 0.1) is 5.92 Å². The highest BCUT2D eigenvalue weighted by Gasteiger charge is 2.24. The van der Waals surface area contributed by atoms with Crippen molar-refractivity contribution in [3.8, 4) is 0 Å². The summed E-state index contributed by atoms with van der Waals surface area (Å²) in [5.74, 6) is 0.0689. The maximum absolute atomic E-state index is 12.9. The predicted molar refractivity (Wildman–Crippen MR) is 110 cm³/mol. The zero-order valence-electron chi connectivity index (χ0n) is 16.7. The number of anilines is 1. The first-order valence-electron chi connectivity index (χ1n) is 9.56. The minimum absolute atomic E-state index is 0.162. The van der Waals surface area contributed by atoms with E-state index in [9.17, 15) is 9.59 Å². The quantitative estimate of drug-likeness (QED) is 0.505. The van der Waals surface area contributed by atoms with Gasteiger partial charge in [-0.25, -0.2) is 0 Å². The molecule has 3 aromatic rings. The van der Waals surface area contributed by atoms with Gasteiger partial charge in [-0.3, -0.25) is 14.7 Å². The monoisotopic (exact) mass is 381 g/mol. The van der Waals surface area contributed by atoms with E-state index in [1.54, 1.807) is 13.8 Å². The van der Waals surface area contributed by atoms with Gasteiger partial charge in [-0.05, 0) is 17.5 Å². The van der Waals surface area contributed by atoms with Crippen LogP contribution in [0.5, 0.6) is 0 Å². The lowest BCUT2D eigenvalue weighted by molar-refractivity contribution is -0.128. The Morgan fingerprint density at radius 3 is 2.54 bits per heavy atom. The molecule has 0 saturated carbocycles.